The minimum Gasteiger partial charge on any atom is -0.505 e. The number of hydrogen-bond donors (Lipinski definition) is 4. The lowest BCUT2D eigenvalue weighted by atomic mass is 9.91. The Balaban J connectivity index is 1.64. The number of pyridine rings is 1. The number of phenols is 1. The Morgan fingerprint density at radius 2 is 1.95 bits per heavy atom. The van der Waals surface area contributed by atoms with E-state index < -0.39 is 11.6 Å². The lowest BCUT2D eigenvalue weighted by Gasteiger charge is -2.28. The number of halogens is 2. The highest BCUT2D eigenvalue weighted by atomic mass is 35.5. The van der Waals surface area contributed by atoms with E-state index in [1.807, 2.05) is 32.2 Å². The lowest BCUT2D eigenvalue weighted by molar-refractivity contribution is 0.396. The molecule has 3 aromatic heterocycles. The number of benzene rings is 1. The molecule has 11 heteroatoms. The Kier molecular flexibility index (Phi) is 7.33. The number of aromatic nitrogens is 3. The van der Waals surface area contributed by atoms with Crippen LogP contribution in [0.2, 0.25) is 5.02 Å². The molecule has 204 valence electrons. The third kappa shape index (κ3) is 5.35. The molecule has 0 bridgehead atoms. The van der Waals surface area contributed by atoms with Crippen LogP contribution in [-0.2, 0) is 0 Å². The van der Waals surface area contributed by atoms with Crippen LogP contribution in [0, 0.1) is 19.7 Å². The number of rotatable bonds is 6. The van der Waals surface area contributed by atoms with Crippen LogP contribution in [0.1, 0.15) is 42.5 Å². The fourth-order valence-electron chi connectivity index (χ4n) is 5.15. The van der Waals surface area contributed by atoms with E-state index in [1.165, 1.54) is 0 Å². The number of nitrogens with two attached hydrogens (primary N) is 2. The van der Waals surface area contributed by atoms with Gasteiger partial charge in [0, 0.05) is 53.3 Å². The molecular weight excluding hydrogens is 521 g/mol. The molecule has 0 atom stereocenters. The summed E-state index contributed by atoms with van der Waals surface area (Å²) in [7, 11) is 1.60. The maximum atomic E-state index is 14.0. The average Bonchev–Trinajstić information content (AvgIpc) is 3.32. The summed E-state index contributed by atoms with van der Waals surface area (Å²) in [4.78, 5) is 8.95. The summed E-state index contributed by atoms with van der Waals surface area (Å²) in [5, 5.41) is 18.0. The van der Waals surface area contributed by atoms with E-state index in [4.69, 9.17) is 27.8 Å². The first-order valence-corrected chi connectivity index (χ1v) is 13.1. The molecule has 3 heterocycles. The highest BCUT2D eigenvalue weighted by Gasteiger charge is 2.23. The van der Waals surface area contributed by atoms with Gasteiger partial charge in [-0.3, -0.25) is 0 Å². The molecule has 1 saturated carbocycles. The van der Waals surface area contributed by atoms with Gasteiger partial charge >= 0.3 is 0 Å². The molecule has 9 nitrogen and oxygen atoms in total. The van der Waals surface area contributed by atoms with Crippen molar-refractivity contribution in [3.05, 3.63) is 64.3 Å². The Bertz CT molecular complexity index is 1560. The van der Waals surface area contributed by atoms with Gasteiger partial charge < -0.3 is 26.6 Å². The van der Waals surface area contributed by atoms with Gasteiger partial charge in [-0.25, -0.2) is 18.9 Å². The average molecular weight is 552 g/mol. The zero-order valence-corrected chi connectivity index (χ0v) is 22.8. The molecular formula is C28H31ClFN7O2. The van der Waals surface area contributed by atoms with Gasteiger partial charge in [-0.05, 0) is 51.2 Å². The fraction of sp³-hybridized carbons (Fsp3) is 0.321. The monoisotopic (exact) mass is 551 g/mol. The van der Waals surface area contributed by atoms with E-state index in [-0.39, 0.29) is 28.6 Å². The van der Waals surface area contributed by atoms with Crippen molar-refractivity contribution in [2.24, 2.45) is 16.5 Å². The number of phenolic OH excluding ortho intramolecular Hbond substituents is 1. The first-order valence-electron chi connectivity index (χ1n) is 12.7. The minimum atomic E-state index is -0.841. The zero-order chi connectivity index (χ0) is 27.8. The number of ether oxygens (including phenoxy) is 1. The number of amidine groups is 1. The van der Waals surface area contributed by atoms with Crippen LogP contribution < -0.4 is 21.5 Å². The normalized spacial score (nSPS) is 17.9. The van der Waals surface area contributed by atoms with Crippen molar-refractivity contribution in [1.82, 2.24) is 14.6 Å². The smallest absolute Gasteiger partial charge is 0.213 e. The summed E-state index contributed by atoms with van der Waals surface area (Å²) in [6.07, 6.45) is 7.24. The largest absolute Gasteiger partial charge is 0.505 e. The van der Waals surface area contributed by atoms with Crippen LogP contribution in [0.5, 0.6) is 11.6 Å². The first kappa shape index (κ1) is 26.7. The molecule has 0 radical (unpaired) electrons. The van der Waals surface area contributed by atoms with E-state index in [2.05, 4.69) is 20.4 Å². The van der Waals surface area contributed by atoms with Crippen LogP contribution in [-0.4, -0.2) is 44.7 Å². The predicted octanol–water partition coefficient (Wildman–Crippen LogP) is 5.24. The number of fused-ring (bicyclic) bond motifs is 1. The maximum absolute atomic E-state index is 14.0. The molecule has 5 rings (SSSR count). The van der Waals surface area contributed by atoms with E-state index in [0.717, 1.165) is 71.4 Å². The van der Waals surface area contributed by atoms with Gasteiger partial charge in [0.25, 0.3) is 0 Å². The first-order chi connectivity index (χ1) is 18.6. The van der Waals surface area contributed by atoms with Crippen molar-refractivity contribution in [3.63, 3.8) is 0 Å². The van der Waals surface area contributed by atoms with Gasteiger partial charge in [0.2, 0.25) is 5.88 Å². The summed E-state index contributed by atoms with van der Waals surface area (Å²) in [6.45, 7) is 3.96. The third-order valence-corrected chi connectivity index (χ3v) is 7.47. The van der Waals surface area contributed by atoms with Gasteiger partial charge in [0.05, 0.1) is 40.8 Å². The van der Waals surface area contributed by atoms with E-state index in [1.54, 1.807) is 17.8 Å². The summed E-state index contributed by atoms with van der Waals surface area (Å²) in [5.74, 6) is -0.735. The van der Waals surface area contributed by atoms with Crippen molar-refractivity contribution in [3.8, 4) is 22.8 Å². The molecule has 0 saturated heterocycles. The Morgan fingerprint density at radius 1 is 1.21 bits per heavy atom. The number of anilines is 1. The van der Waals surface area contributed by atoms with Gasteiger partial charge in [-0.2, -0.15) is 5.10 Å². The van der Waals surface area contributed by atoms with Crippen LogP contribution in [0.3, 0.4) is 0 Å². The van der Waals surface area contributed by atoms with Gasteiger partial charge in [-0.1, -0.05) is 11.6 Å². The van der Waals surface area contributed by atoms with Crippen LogP contribution in [0.15, 0.2) is 41.7 Å². The number of aryl methyl sites for hydroxylation is 2. The molecule has 0 aliphatic heterocycles. The van der Waals surface area contributed by atoms with Gasteiger partial charge in [0.15, 0.2) is 11.6 Å². The molecule has 0 amide bonds. The molecule has 4 aromatic rings. The topological polar surface area (TPSA) is 136 Å². The summed E-state index contributed by atoms with van der Waals surface area (Å²) >= 11 is 6.21. The number of methoxy groups -OCH3 is 1. The number of aliphatic imine (C=N–C) groups is 1. The molecule has 6 N–H and O–H groups in total. The van der Waals surface area contributed by atoms with E-state index in [9.17, 15) is 9.50 Å². The molecule has 1 aliphatic rings. The second kappa shape index (κ2) is 10.7. The zero-order valence-electron chi connectivity index (χ0n) is 22.0. The molecule has 39 heavy (non-hydrogen) atoms. The lowest BCUT2D eigenvalue weighted by Crippen LogP contribution is -2.33. The van der Waals surface area contributed by atoms with E-state index >= 15 is 0 Å². The van der Waals surface area contributed by atoms with Crippen LogP contribution >= 0.6 is 11.6 Å². The van der Waals surface area contributed by atoms with E-state index in [0.29, 0.717) is 11.4 Å². The predicted molar refractivity (Wildman–Crippen MR) is 152 cm³/mol. The van der Waals surface area contributed by atoms with Crippen LogP contribution in [0.4, 0.5) is 15.8 Å². The van der Waals surface area contributed by atoms with Crippen molar-refractivity contribution in [2.45, 2.75) is 51.6 Å². The molecule has 0 spiro atoms. The summed E-state index contributed by atoms with van der Waals surface area (Å²) in [6, 6.07) is 6.47. The quantitative estimate of drug-likeness (QED) is 0.190. The SMILES string of the molecule is COc1cc(C)c(-c2cc3c(NC4CCC(N)CC4)c(C(N)=Nc4cc(F)c(O)cc4Cl)cnn3c2)c(C)n1. The Hall–Kier alpha value is -3.89. The number of nitrogens with zero attached hydrogens (tertiary/aromatic N) is 4. The molecule has 1 aliphatic carbocycles. The summed E-state index contributed by atoms with van der Waals surface area (Å²) in [5.41, 5.74) is 18.6. The number of aromatic hydroxyl groups is 1. The van der Waals surface area contributed by atoms with Crippen molar-refractivity contribution in [2.75, 3.05) is 12.4 Å². The number of hydrogen-bond acceptors (Lipinski definition) is 7. The molecule has 1 aromatic carbocycles. The van der Waals surface area contributed by atoms with Crippen molar-refractivity contribution in [1.29, 1.82) is 0 Å². The van der Waals surface area contributed by atoms with Gasteiger partial charge in [0.1, 0.15) is 5.84 Å². The molecule has 0 unspecified atom stereocenters. The molecule has 1 fully saturated rings. The van der Waals surface area contributed by atoms with Crippen molar-refractivity contribution >= 4 is 34.3 Å². The summed E-state index contributed by atoms with van der Waals surface area (Å²) < 4.78 is 21.2. The number of nitrogens with one attached hydrogen (secondary N) is 1. The maximum Gasteiger partial charge on any atom is 0.213 e. The Labute approximate surface area is 230 Å². The standard InChI is InChI=1S/C28H31ClFN7O2/c1-14-8-25(39-3)34-15(2)26(14)16-9-23-27(35-18-6-4-17(31)5-7-18)19(12-33-37(23)13-16)28(32)36-22-11-21(30)24(38)10-20(22)29/h8-13,17-18,35,38H,4-7,31H2,1-3H3,(H2,32,36). The third-order valence-electron chi connectivity index (χ3n) is 7.16. The fourth-order valence-corrected chi connectivity index (χ4v) is 5.35. The van der Waals surface area contributed by atoms with Gasteiger partial charge in [-0.15, -0.1) is 0 Å². The highest BCUT2D eigenvalue weighted by Crippen LogP contribution is 2.35. The Morgan fingerprint density at radius 3 is 2.64 bits per heavy atom. The van der Waals surface area contributed by atoms with Crippen LogP contribution in [0.25, 0.3) is 16.6 Å². The minimum absolute atomic E-state index is 0.0737. The second-order valence-corrected chi connectivity index (χ2v) is 10.3. The highest BCUT2D eigenvalue weighted by molar-refractivity contribution is 6.33. The van der Waals surface area contributed by atoms with Crippen molar-refractivity contribution < 1.29 is 14.2 Å². The second-order valence-electron chi connectivity index (χ2n) is 9.94.